The fraction of sp³-hybridized carbons (Fsp3) is 0.455. The smallest absolute Gasteiger partial charge is 0.152 e. The molecule has 4 heteroatoms. The maximum atomic E-state index is 9.35. The van der Waals surface area contributed by atoms with E-state index >= 15 is 0 Å². The van der Waals surface area contributed by atoms with Crippen molar-refractivity contribution in [2.75, 3.05) is 11.9 Å². The number of halogens is 2. The number of phenols is 1. The number of benzene rings is 1. The second-order valence-electron chi connectivity index (χ2n) is 3.42. The van der Waals surface area contributed by atoms with Crippen LogP contribution in [0.4, 0.5) is 5.69 Å². The van der Waals surface area contributed by atoms with Crippen LogP contribution in [0.1, 0.15) is 26.2 Å². The van der Waals surface area contributed by atoms with E-state index < -0.39 is 0 Å². The van der Waals surface area contributed by atoms with Crippen LogP contribution in [0.15, 0.2) is 12.1 Å². The highest BCUT2D eigenvalue weighted by Gasteiger charge is 2.05. The fourth-order valence-corrected chi connectivity index (χ4v) is 1.76. The van der Waals surface area contributed by atoms with Crippen molar-refractivity contribution in [2.24, 2.45) is 0 Å². The van der Waals surface area contributed by atoms with E-state index in [4.69, 9.17) is 23.2 Å². The first kappa shape index (κ1) is 12.5. The topological polar surface area (TPSA) is 32.3 Å². The van der Waals surface area contributed by atoms with Gasteiger partial charge in [-0.2, -0.15) is 0 Å². The van der Waals surface area contributed by atoms with E-state index in [0.29, 0.717) is 0 Å². The van der Waals surface area contributed by atoms with Gasteiger partial charge in [-0.25, -0.2) is 0 Å². The van der Waals surface area contributed by atoms with Crippen molar-refractivity contribution in [2.45, 2.75) is 26.2 Å². The number of unbranched alkanes of at least 4 members (excludes halogenated alkanes) is 2. The van der Waals surface area contributed by atoms with Crippen molar-refractivity contribution in [3.8, 4) is 5.75 Å². The first-order valence-corrected chi connectivity index (χ1v) is 5.82. The molecule has 0 spiro atoms. The molecule has 0 aliphatic rings. The largest absolute Gasteiger partial charge is 0.505 e. The molecule has 0 saturated heterocycles. The first-order valence-electron chi connectivity index (χ1n) is 5.07. The molecule has 0 bridgehead atoms. The summed E-state index contributed by atoms with van der Waals surface area (Å²) in [6, 6.07) is 3.35. The lowest BCUT2D eigenvalue weighted by atomic mass is 10.2. The number of anilines is 1. The van der Waals surface area contributed by atoms with Crippen LogP contribution in [0.2, 0.25) is 10.0 Å². The average molecular weight is 248 g/mol. The quantitative estimate of drug-likeness (QED) is 0.601. The minimum atomic E-state index is -0.0579. The summed E-state index contributed by atoms with van der Waals surface area (Å²) in [6.07, 6.45) is 3.51. The van der Waals surface area contributed by atoms with Crippen LogP contribution in [0.25, 0.3) is 0 Å². The van der Waals surface area contributed by atoms with E-state index in [1.54, 1.807) is 12.1 Å². The lowest BCUT2D eigenvalue weighted by Gasteiger charge is -2.08. The van der Waals surface area contributed by atoms with Crippen LogP contribution in [0.3, 0.4) is 0 Å². The Morgan fingerprint density at radius 3 is 2.33 bits per heavy atom. The Kier molecular flexibility index (Phi) is 5.06. The van der Waals surface area contributed by atoms with E-state index in [9.17, 15) is 5.11 Å². The van der Waals surface area contributed by atoms with Gasteiger partial charge in [0.25, 0.3) is 0 Å². The van der Waals surface area contributed by atoms with Crippen molar-refractivity contribution >= 4 is 28.9 Å². The van der Waals surface area contributed by atoms with Gasteiger partial charge in [0.2, 0.25) is 0 Å². The van der Waals surface area contributed by atoms with Gasteiger partial charge in [0.05, 0.1) is 10.0 Å². The summed E-state index contributed by atoms with van der Waals surface area (Å²) in [4.78, 5) is 0. The lowest BCUT2D eigenvalue weighted by molar-refractivity contribution is 0.476. The summed E-state index contributed by atoms with van der Waals surface area (Å²) in [5.74, 6) is -0.0579. The highest BCUT2D eigenvalue weighted by Crippen LogP contribution is 2.34. The van der Waals surface area contributed by atoms with E-state index in [2.05, 4.69) is 12.2 Å². The zero-order chi connectivity index (χ0) is 11.3. The highest BCUT2D eigenvalue weighted by molar-refractivity contribution is 6.37. The zero-order valence-corrected chi connectivity index (χ0v) is 10.2. The molecule has 2 N–H and O–H groups in total. The van der Waals surface area contributed by atoms with Crippen LogP contribution < -0.4 is 5.32 Å². The van der Waals surface area contributed by atoms with Gasteiger partial charge >= 0.3 is 0 Å². The minimum Gasteiger partial charge on any atom is -0.505 e. The molecule has 1 rings (SSSR count). The fourth-order valence-electron chi connectivity index (χ4n) is 1.28. The molecular weight excluding hydrogens is 233 g/mol. The molecule has 15 heavy (non-hydrogen) atoms. The van der Waals surface area contributed by atoms with Gasteiger partial charge in [0.15, 0.2) is 5.75 Å². The Balaban J connectivity index is 2.55. The maximum Gasteiger partial charge on any atom is 0.152 e. The van der Waals surface area contributed by atoms with E-state index in [-0.39, 0.29) is 15.8 Å². The number of hydrogen-bond donors (Lipinski definition) is 2. The molecule has 0 aliphatic carbocycles. The van der Waals surface area contributed by atoms with Crippen LogP contribution >= 0.6 is 23.2 Å². The van der Waals surface area contributed by atoms with Crippen LogP contribution in [-0.2, 0) is 0 Å². The molecule has 0 heterocycles. The lowest BCUT2D eigenvalue weighted by Crippen LogP contribution is -2.01. The number of hydrogen-bond acceptors (Lipinski definition) is 2. The van der Waals surface area contributed by atoms with Gasteiger partial charge in [0.1, 0.15) is 0 Å². The number of phenolic OH excluding ortho intramolecular Hbond substituents is 1. The van der Waals surface area contributed by atoms with Crippen LogP contribution in [0, 0.1) is 0 Å². The maximum absolute atomic E-state index is 9.35. The normalized spacial score (nSPS) is 10.3. The molecule has 0 unspecified atom stereocenters. The van der Waals surface area contributed by atoms with Crippen molar-refractivity contribution in [3.05, 3.63) is 22.2 Å². The summed E-state index contributed by atoms with van der Waals surface area (Å²) in [7, 11) is 0. The third-order valence-electron chi connectivity index (χ3n) is 2.13. The van der Waals surface area contributed by atoms with E-state index in [0.717, 1.165) is 18.7 Å². The average Bonchev–Trinajstić information content (AvgIpc) is 2.21. The monoisotopic (exact) mass is 247 g/mol. The Morgan fingerprint density at radius 1 is 1.20 bits per heavy atom. The number of aromatic hydroxyl groups is 1. The molecule has 2 nitrogen and oxygen atoms in total. The number of rotatable bonds is 5. The summed E-state index contributed by atoms with van der Waals surface area (Å²) in [6.45, 7) is 3.06. The second kappa shape index (κ2) is 6.09. The molecule has 0 radical (unpaired) electrons. The third-order valence-corrected chi connectivity index (χ3v) is 2.70. The standard InChI is InChI=1S/C11H15Cl2NO/c1-2-3-4-5-14-8-6-9(12)11(15)10(13)7-8/h6-7,14-15H,2-5H2,1H3. The third kappa shape index (κ3) is 3.80. The molecule has 0 saturated carbocycles. The molecule has 0 atom stereocenters. The Bertz CT molecular complexity index is 305. The minimum absolute atomic E-state index is 0.0579. The van der Waals surface area contributed by atoms with Crippen LogP contribution in [-0.4, -0.2) is 11.7 Å². The molecule has 0 amide bonds. The molecule has 0 aromatic heterocycles. The molecule has 0 aliphatic heterocycles. The van der Waals surface area contributed by atoms with Crippen LogP contribution in [0.5, 0.6) is 5.75 Å². The van der Waals surface area contributed by atoms with Gasteiger partial charge in [-0.3, -0.25) is 0 Å². The summed E-state index contributed by atoms with van der Waals surface area (Å²) < 4.78 is 0. The highest BCUT2D eigenvalue weighted by atomic mass is 35.5. The molecule has 84 valence electrons. The van der Waals surface area contributed by atoms with Crippen molar-refractivity contribution in [3.63, 3.8) is 0 Å². The van der Waals surface area contributed by atoms with E-state index in [1.807, 2.05) is 0 Å². The Hall–Kier alpha value is -0.600. The van der Waals surface area contributed by atoms with Gasteiger partial charge in [0, 0.05) is 12.2 Å². The molecular formula is C11H15Cl2NO. The van der Waals surface area contributed by atoms with Crippen molar-refractivity contribution in [1.29, 1.82) is 0 Å². The zero-order valence-electron chi connectivity index (χ0n) is 8.69. The van der Waals surface area contributed by atoms with Gasteiger partial charge in [-0.05, 0) is 18.6 Å². The molecule has 1 aromatic rings. The molecule has 0 fully saturated rings. The van der Waals surface area contributed by atoms with Crippen molar-refractivity contribution < 1.29 is 5.11 Å². The number of nitrogens with one attached hydrogen (secondary N) is 1. The second-order valence-corrected chi connectivity index (χ2v) is 4.24. The Morgan fingerprint density at radius 2 is 1.80 bits per heavy atom. The van der Waals surface area contributed by atoms with Gasteiger partial charge < -0.3 is 10.4 Å². The summed E-state index contributed by atoms with van der Waals surface area (Å²) >= 11 is 11.6. The SMILES string of the molecule is CCCCCNc1cc(Cl)c(O)c(Cl)c1. The first-order chi connectivity index (χ1) is 7.15. The predicted molar refractivity (Wildman–Crippen MR) is 66.1 cm³/mol. The van der Waals surface area contributed by atoms with E-state index in [1.165, 1.54) is 12.8 Å². The summed E-state index contributed by atoms with van der Waals surface area (Å²) in [5, 5.41) is 13.1. The summed E-state index contributed by atoms with van der Waals surface area (Å²) in [5.41, 5.74) is 0.846. The molecule has 1 aromatic carbocycles. The predicted octanol–water partition coefficient (Wildman–Crippen LogP) is 4.30. The Labute approximate surface area is 100 Å². The van der Waals surface area contributed by atoms with Gasteiger partial charge in [-0.15, -0.1) is 0 Å². The van der Waals surface area contributed by atoms with Crippen molar-refractivity contribution in [1.82, 2.24) is 0 Å². The van der Waals surface area contributed by atoms with Gasteiger partial charge in [-0.1, -0.05) is 43.0 Å².